The Morgan fingerprint density at radius 2 is 1.72 bits per heavy atom. The smallest absolute Gasteiger partial charge is 0.261 e. The number of sulfone groups is 1. The highest BCUT2D eigenvalue weighted by molar-refractivity contribution is 7.93. The zero-order chi connectivity index (χ0) is 17.4. The molecule has 2 unspecified atom stereocenters. The van der Waals surface area contributed by atoms with E-state index in [0.29, 0.717) is 17.0 Å². The monoisotopic (exact) mass is 376 g/mol. The van der Waals surface area contributed by atoms with E-state index in [2.05, 4.69) is 10.6 Å². The first-order valence-corrected chi connectivity index (χ1v) is 10.8. The number of carbonyl (C=O) groups excluding carboxylic acids is 1. The largest absolute Gasteiger partial charge is 0.348 e. The lowest BCUT2D eigenvalue weighted by Crippen LogP contribution is -2.47. The highest BCUT2D eigenvalue weighted by atomic mass is 32.2. The van der Waals surface area contributed by atoms with E-state index in [1.54, 1.807) is 36.4 Å². The van der Waals surface area contributed by atoms with E-state index in [1.807, 2.05) is 0 Å². The van der Waals surface area contributed by atoms with Crippen LogP contribution in [0.25, 0.3) is 0 Å². The Balaban J connectivity index is 1.48. The summed E-state index contributed by atoms with van der Waals surface area (Å²) in [5, 5.41) is 6.62. The van der Waals surface area contributed by atoms with Gasteiger partial charge in [-0.15, -0.1) is 11.3 Å². The fraction of sp³-hybridized carbons (Fsp3) is 0.389. The van der Waals surface area contributed by atoms with Gasteiger partial charge < -0.3 is 10.6 Å². The van der Waals surface area contributed by atoms with Gasteiger partial charge in [0.2, 0.25) is 9.84 Å². The van der Waals surface area contributed by atoms with Crippen LogP contribution in [-0.2, 0) is 9.84 Å². The first-order valence-electron chi connectivity index (χ1n) is 8.49. The van der Waals surface area contributed by atoms with Crippen LogP contribution in [0.1, 0.15) is 35.4 Å². The Morgan fingerprint density at radius 1 is 1.04 bits per heavy atom. The maximum absolute atomic E-state index is 12.6. The van der Waals surface area contributed by atoms with Crippen molar-refractivity contribution in [3.05, 3.63) is 47.3 Å². The zero-order valence-corrected chi connectivity index (χ0v) is 15.3. The van der Waals surface area contributed by atoms with Crippen LogP contribution in [0.15, 0.2) is 51.6 Å². The van der Waals surface area contributed by atoms with E-state index in [1.165, 1.54) is 18.9 Å². The predicted molar refractivity (Wildman–Crippen MR) is 96.6 cm³/mol. The molecule has 2 fully saturated rings. The lowest BCUT2D eigenvalue weighted by molar-refractivity contribution is 0.0928. The Hall–Kier alpha value is -1.70. The highest BCUT2D eigenvalue weighted by Crippen LogP contribution is 2.29. The average molecular weight is 377 g/mol. The van der Waals surface area contributed by atoms with E-state index < -0.39 is 9.84 Å². The molecule has 0 radical (unpaired) electrons. The van der Waals surface area contributed by atoms with Gasteiger partial charge >= 0.3 is 0 Å². The minimum atomic E-state index is -3.56. The number of hydrogen-bond acceptors (Lipinski definition) is 5. The van der Waals surface area contributed by atoms with Gasteiger partial charge in [0.15, 0.2) is 0 Å². The summed E-state index contributed by atoms with van der Waals surface area (Å²) in [6.07, 6.45) is 4.25. The number of carbonyl (C=O) groups is 1. The molecule has 0 saturated carbocycles. The van der Waals surface area contributed by atoms with E-state index in [0.717, 1.165) is 24.2 Å². The normalized spacial score (nSPS) is 25.7. The SMILES string of the molecule is O=C(NC1CC2CCC(C1)N2)c1ccc(S(=O)(=O)c2ccccc2)s1. The van der Waals surface area contributed by atoms with Gasteiger partial charge in [0.1, 0.15) is 4.21 Å². The number of rotatable bonds is 4. The van der Waals surface area contributed by atoms with Crippen molar-refractivity contribution in [3.63, 3.8) is 0 Å². The highest BCUT2D eigenvalue weighted by Gasteiger charge is 2.34. The van der Waals surface area contributed by atoms with Crippen molar-refractivity contribution in [1.29, 1.82) is 0 Å². The number of fused-ring (bicyclic) bond motifs is 2. The molecule has 1 aromatic carbocycles. The molecule has 3 heterocycles. The summed E-state index contributed by atoms with van der Waals surface area (Å²) in [5.41, 5.74) is 0. The fourth-order valence-corrected chi connectivity index (χ4v) is 6.37. The third kappa shape index (κ3) is 3.36. The molecule has 2 bridgehead atoms. The van der Waals surface area contributed by atoms with Crippen LogP contribution in [0.4, 0.5) is 0 Å². The summed E-state index contributed by atoms with van der Waals surface area (Å²) in [6.45, 7) is 0. The van der Waals surface area contributed by atoms with Crippen molar-refractivity contribution in [3.8, 4) is 0 Å². The number of hydrogen-bond donors (Lipinski definition) is 2. The number of benzene rings is 1. The summed E-state index contributed by atoms with van der Waals surface area (Å²) >= 11 is 1.03. The molecule has 2 atom stereocenters. The van der Waals surface area contributed by atoms with Crippen molar-refractivity contribution < 1.29 is 13.2 Å². The van der Waals surface area contributed by atoms with Crippen LogP contribution in [-0.4, -0.2) is 32.5 Å². The van der Waals surface area contributed by atoms with Crippen LogP contribution >= 0.6 is 11.3 Å². The number of nitrogens with one attached hydrogen (secondary N) is 2. The molecule has 2 aromatic rings. The molecule has 2 N–H and O–H groups in total. The van der Waals surface area contributed by atoms with Gasteiger partial charge in [-0.2, -0.15) is 0 Å². The molecular weight excluding hydrogens is 356 g/mol. The molecular formula is C18H20N2O3S2. The third-order valence-electron chi connectivity index (χ3n) is 4.93. The van der Waals surface area contributed by atoms with E-state index in [9.17, 15) is 13.2 Å². The molecule has 2 aliphatic rings. The second-order valence-corrected chi connectivity index (χ2v) is 9.98. The Labute approximate surface area is 151 Å². The molecule has 132 valence electrons. The predicted octanol–water partition coefficient (Wildman–Crippen LogP) is 2.59. The van der Waals surface area contributed by atoms with Crippen molar-refractivity contribution in [2.75, 3.05) is 0 Å². The van der Waals surface area contributed by atoms with Crippen LogP contribution < -0.4 is 10.6 Å². The van der Waals surface area contributed by atoms with Crippen molar-refractivity contribution in [1.82, 2.24) is 10.6 Å². The lowest BCUT2D eigenvalue weighted by Gasteiger charge is -2.29. The van der Waals surface area contributed by atoms with E-state index in [4.69, 9.17) is 0 Å². The average Bonchev–Trinajstić information content (AvgIpc) is 3.23. The quantitative estimate of drug-likeness (QED) is 0.860. The summed E-state index contributed by atoms with van der Waals surface area (Å²) in [6, 6.07) is 12.6. The number of piperidine rings is 1. The van der Waals surface area contributed by atoms with Crippen LogP contribution in [0.5, 0.6) is 0 Å². The van der Waals surface area contributed by atoms with Gasteiger partial charge in [0.25, 0.3) is 5.91 Å². The van der Waals surface area contributed by atoms with Gasteiger partial charge in [0.05, 0.1) is 9.77 Å². The van der Waals surface area contributed by atoms with Gasteiger partial charge in [-0.25, -0.2) is 8.42 Å². The van der Waals surface area contributed by atoms with Gasteiger partial charge in [0, 0.05) is 18.1 Å². The summed E-state index contributed by atoms with van der Waals surface area (Å²) in [5.74, 6) is -0.175. The van der Waals surface area contributed by atoms with Crippen molar-refractivity contribution in [2.45, 2.75) is 52.9 Å². The fourth-order valence-electron chi connectivity index (χ4n) is 3.73. The lowest BCUT2D eigenvalue weighted by atomic mass is 10.00. The van der Waals surface area contributed by atoms with Gasteiger partial charge in [-0.05, 0) is 49.9 Å². The molecule has 4 rings (SSSR count). The molecule has 25 heavy (non-hydrogen) atoms. The van der Waals surface area contributed by atoms with E-state index in [-0.39, 0.29) is 21.1 Å². The summed E-state index contributed by atoms with van der Waals surface area (Å²) < 4.78 is 25.5. The van der Waals surface area contributed by atoms with Crippen LogP contribution in [0.3, 0.4) is 0 Å². The van der Waals surface area contributed by atoms with E-state index >= 15 is 0 Å². The molecule has 2 saturated heterocycles. The molecule has 0 spiro atoms. The first-order chi connectivity index (χ1) is 12.0. The van der Waals surface area contributed by atoms with Crippen LogP contribution in [0, 0.1) is 0 Å². The molecule has 7 heteroatoms. The zero-order valence-electron chi connectivity index (χ0n) is 13.6. The molecule has 2 aliphatic heterocycles. The third-order valence-corrected chi connectivity index (χ3v) is 8.28. The number of amides is 1. The Bertz CT molecular complexity index is 865. The minimum Gasteiger partial charge on any atom is -0.348 e. The maximum Gasteiger partial charge on any atom is 0.261 e. The van der Waals surface area contributed by atoms with Gasteiger partial charge in [-0.3, -0.25) is 4.79 Å². The molecule has 0 aliphatic carbocycles. The second kappa shape index (κ2) is 6.55. The molecule has 1 amide bonds. The molecule has 1 aromatic heterocycles. The summed E-state index contributed by atoms with van der Waals surface area (Å²) in [7, 11) is -3.56. The van der Waals surface area contributed by atoms with Crippen LogP contribution in [0.2, 0.25) is 0 Å². The topological polar surface area (TPSA) is 75.3 Å². The molecule has 5 nitrogen and oxygen atoms in total. The second-order valence-electron chi connectivity index (χ2n) is 6.71. The Kier molecular flexibility index (Phi) is 4.39. The standard InChI is InChI=1S/C18H20N2O3S2/c21-18(20-14-10-12-6-7-13(11-14)19-12)16-8-9-17(24-16)25(22,23)15-4-2-1-3-5-15/h1-5,8-9,12-14,19H,6-7,10-11H2,(H,20,21). The van der Waals surface area contributed by atoms with Gasteiger partial charge in [-0.1, -0.05) is 18.2 Å². The number of thiophene rings is 1. The Morgan fingerprint density at radius 3 is 2.40 bits per heavy atom. The minimum absolute atomic E-state index is 0.169. The van der Waals surface area contributed by atoms with Crippen molar-refractivity contribution >= 4 is 27.1 Å². The maximum atomic E-state index is 12.6. The first kappa shape index (κ1) is 16.8. The van der Waals surface area contributed by atoms with Crippen molar-refractivity contribution in [2.24, 2.45) is 0 Å². The summed E-state index contributed by atoms with van der Waals surface area (Å²) in [4.78, 5) is 13.2.